The summed E-state index contributed by atoms with van der Waals surface area (Å²) in [5.74, 6) is 0.511. The SMILES string of the molecule is CCC(C)(CN)C(=O)c1c(OC)cnn1C(C)C. The van der Waals surface area contributed by atoms with Gasteiger partial charge in [0.1, 0.15) is 5.69 Å². The van der Waals surface area contributed by atoms with Crippen LogP contribution in [-0.2, 0) is 0 Å². The van der Waals surface area contributed by atoms with Crippen molar-refractivity contribution < 1.29 is 9.53 Å². The van der Waals surface area contributed by atoms with Gasteiger partial charge in [-0.2, -0.15) is 5.10 Å². The first-order chi connectivity index (χ1) is 8.41. The maximum atomic E-state index is 12.7. The highest BCUT2D eigenvalue weighted by Gasteiger charge is 2.35. The van der Waals surface area contributed by atoms with E-state index in [1.54, 1.807) is 18.0 Å². The molecule has 0 radical (unpaired) electrons. The number of methoxy groups -OCH3 is 1. The van der Waals surface area contributed by atoms with Crippen LogP contribution < -0.4 is 10.5 Å². The third-order valence-corrected chi connectivity index (χ3v) is 3.47. The topological polar surface area (TPSA) is 70.1 Å². The van der Waals surface area contributed by atoms with Crippen molar-refractivity contribution in [2.45, 2.75) is 40.2 Å². The van der Waals surface area contributed by atoms with Gasteiger partial charge >= 0.3 is 0 Å². The van der Waals surface area contributed by atoms with Crippen LogP contribution >= 0.6 is 0 Å². The predicted octanol–water partition coefficient (Wildman–Crippen LogP) is 2.03. The number of hydrogen-bond acceptors (Lipinski definition) is 4. The number of carbonyl (C=O) groups excluding carboxylic acids is 1. The lowest BCUT2D eigenvalue weighted by atomic mass is 9.81. The Labute approximate surface area is 108 Å². The number of ketones is 1. The van der Waals surface area contributed by atoms with Gasteiger partial charge in [-0.15, -0.1) is 0 Å². The van der Waals surface area contributed by atoms with Crippen molar-refractivity contribution in [3.63, 3.8) is 0 Å². The van der Waals surface area contributed by atoms with Crippen LogP contribution in [0.25, 0.3) is 0 Å². The molecule has 1 atom stereocenters. The molecule has 0 aliphatic rings. The first-order valence-electron chi connectivity index (χ1n) is 6.27. The average Bonchev–Trinajstić information content (AvgIpc) is 2.80. The molecule has 1 aromatic rings. The van der Waals surface area contributed by atoms with Crippen molar-refractivity contribution in [2.24, 2.45) is 11.1 Å². The minimum atomic E-state index is -0.569. The molecular formula is C13H23N3O2. The molecule has 18 heavy (non-hydrogen) atoms. The van der Waals surface area contributed by atoms with Crippen molar-refractivity contribution in [3.05, 3.63) is 11.9 Å². The lowest BCUT2D eigenvalue weighted by Crippen LogP contribution is -2.37. The molecular weight excluding hydrogens is 230 g/mol. The fourth-order valence-electron chi connectivity index (χ4n) is 1.79. The summed E-state index contributed by atoms with van der Waals surface area (Å²) >= 11 is 0. The Hall–Kier alpha value is -1.36. The molecule has 0 aliphatic carbocycles. The Bertz CT molecular complexity index is 420. The number of carbonyl (C=O) groups is 1. The highest BCUT2D eigenvalue weighted by molar-refractivity contribution is 6.01. The number of aromatic nitrogens is 2. The van der Waals surface area contributed by atoms with Crippen molar-refractivity contribution >= 4 is 5.78 Å². The summed E-state index contributed by atoms with van der Waals surface area (Å²) in [7, 11) is 1.55. The van der Waals surface area contributed by atoms with E-state index in [2.05, 4.69) is 5.10 Å². The molecule has 0 amide bonds. The van der Waals surface area contributed by atoms with Crippen LogP contribution in [-0.4, -0.2) is 29.2 Å². The summed E-state index contributed by atoms with van der Waals surface area (Å²) < 4.78 is 6.94. The molecule has 102 valence electrons. The summed E-state index contributed by atoms with van der Waals surface area (Å²) in [6, 6.07) is 0.103. The van der Waals surface area contributed by atoms with Gasteiger partial charge in [-0.25, -0.2) is 0 Å². The second-order valence-electron chi connectivity index (χ2n) is 5.05. The van der Waals surface area contributed by atoms with E-state index in [-0.39, 0.29) is 11.8 Å². The van der Waals surface area contributed by atoms with Crippen molar-refractivity contribution in [2.75, 3.05) is 13.7 Å². The Morgan fingerprint density at radius 2 is 2.22 bits per heavy atom. The fraction of sp³-hybridized carbons (Fsp3) is 0.692. The summed E-state index contributed by atoms with van der Waals surface area (Å²) in [6.07, 6.45) is 2.27. The van der Waals surface area contributed by atoms with Crippen LogP contribution in [0.2, 0.25) is 0 Å². The third-order valence-electron chi connectivity index (χ3n) is 3.47. The van der Waals surface area contributed by atoms with E-state index in [0.29, 0.717) is 24.4 Å². The highest BCUT2D eigenvalue weighted by atomic mass is 16.5. The Morgan fingerprint density at radius 3 is 2.61 bits per heavy atom. The van der Waals surface area contributed by atoms with Gasteiger partial charge in [0, 0.05) is 18.0 Å². The molecule has 0 bridgehead atoms. The zero-order chi connectivity index (χ0) is 13.9. The van der Waals surface area contributed by atoms with E-state index < -0.39 is 5.41 Å². The molecule has 2 N–H and O–H groups in total. The first kappa shape index (κ1) is 14.7. The van der Waals surface area contributed by atoms with E-state index in [9.17, 15) is 4.79 Å². The molecule has 0 saturated carbocycles. The number of ether oxygens (including phenoxy) is 1. The van der Waals surface area contributed by atoms with Crippen molar-refractivity contribution in [1.29, 1.82) is 0 Å². The quantitative estimate of drug-likeness (QED) is 0.787. The number of nitrogens with two attached hydrogens (primary N) is 1. The minimum absolute atomic E-state index is 0.00412. The molecule has 0 aliphatic heterocycles. The maximum Gasteiger partial charge on any atom is 0.191 e. The standard InChI is InChI=1S/C13H23N3O2/c1-6-13(4,8-14)12(17)11-10(18-5)7-15-16(11)9(2)3/h7,9H,6,8,14H2,1-5H3. The fourth-order valence-corrected chi connectivity index (χ4v) is 1.79. The Kier molecular flexibility index (Phi) is 4.51. The molecule has 0 saturated heterocycles. The van der Waals surface area contributed by atoms with Crippen LogP contribution in [0.15, 0.2) is 6.20 Å². The zero-order valence-electron chi connectivity index (χ0n) is 11.9. The van der Waals surface area contributed by atoms with Crippen LogP contribution in [0, 0.1) is 5.41 Å². The van der Waals surface area contributed by atoms with Gasteiger partial charge in [0.05, 0.1) is 13.3 Å². The maximum absolute atomic E-state index is 12.7. The normalized spacial score (nSPS) is 14.6. The molecule has 1 heterocycles. The Balaban J connectivity index is 3.30. The summed E-state index contributed by atoms with van der Waals surface area (Å²) in [4.78, 5) is 12.7. The van der Waals surface area contributed by atoms with E-state index >= 15 is 0 Å². The van der Waals surface area contributed by atoms with E-state index in [4.69, 9.17) is 10.5 Å². The summed E-state index contributed by atoms with van der Waals surface area (Å²) in [6.45, 7) is 8.12. The van der Waals surface area contributed by atoms with Crippen LogP contribution in [0.3, 0.4) is 0 Å². The zero-order valence-corrected chi connectivity index (χ0v) is 11.9. The molecule has 1 rings (SSSR count). The molecule has 5 heteroatoms. The minimum Gasteiger partial charge on any atom is -0.493 e. The largest absolute Gasteiger partial charge is 0.493 e. The smallest absolute Gasteiger partial charge is 0.191 e. The highest BCUT2D eigenvalue weighted by Crippen LogP contribution is 2.31. The van der Waals surface area contributed by atoms with Crippen LogP contribution in [0.5, 0.6) is 5.75 Å². The lowest BCUT2D eigenvalue weighted by molar-refractivity contribution is 0.0802. The second-order valence-corrected chi connectivity index (χ2v) is 5.05. The number of hydrogen-bond donors (Lipinski definition) is 1. The Morgan fingerprint density at radius 1 is 1.61 bits per heavy atom. The van der Waals surface area contributed by atoms with Crippen molar-refractivity contribution in [1.82, 2.24) is 9.78 Å². The molecule has 0 aromatic carbocycles. The summed E-state index contributed by atoms with van der Waals surface area (Å²) in [5, 5.41) is 4.22. The van der Waals surface area contributed by atoms with Gasteiger partial charge in [-0.3, -0.25) is 9.48 Å². The van der Waals surface area contributed by atoms with E-state index in [1.165, 1.54) is 0 Å². The van der Waals surface area contributed by atoms with Gasteiger partial charge in [0.2, 0.25) is 0 Å². The van der Waals surface area contributed by atoms with Gasteiger partial charge in [-0.05, 0) is 20.3 Å². The molecule has 1 unspecified atom stereocenters. The molecule has 1 aromatic heterocycles. The number of rotatable bonds is 6. The number of nitrogens with zero attached hydrogens (tertiary/aromatic N) is 2. The number of Topliss-reactive ketones (excluding diaryl/α,β-unsaturated/α-hetero) is 1. The lowest BCUT2D eigenvalue weighted by Gasteiger charge is -2.25. The van der Waals surface area contributed by atoms with Gasteiger partial charge in [0.15, 0.2) is 11.5 Å². The second kappa shape index (κ2) is 5.52. The van der Waals surface area contributed by atoms with Gasteiger partial charge in [0.25, 0.3) is 0 Å². The van der Waals surface area contributed by atoms with Gasteiger partial charge in [-0.1, -0.05) is 13.8 Å². The van der Waals surface area contributed by atoms with Crippen molar-refractivity contribution in [3.8, 4) is 5.75 Å². The van der Waals surface area contributed by atoms with Crippen LogP contribution in [0.4, 0.5) is 0 Å². The van der Waals surface area contributed by atoms with E-state index in [1.807, 2.05) is 27.7 Å². The first-order valence-corrected chi connectivity index (χ1v) is 6.27. The summed E-state index contributed by atoms with van der Waals surface area (Å²) in [5.41, 5.74) is 5.70. The molecule has 0 spiro atoms. The third kappa shape index (κ3) is 2.41. The molecule has 0 fully saturated rings. The van der Waals surface area contributed by atoms with Crippen LogP contribution in [0.1, 0.15) is 50.6 Å². The average molecular weight is 253 g/mol. The van der Waals surface area contributed by atoms with E-state index in [0.717, 1.165) is 0 Å². The van der Waals surface area contributed by atoms with Gasteiger partial charge < -0.3 is 10.5 Å². The molecule has 5 nitrogen and oxygen atoms in total. The monoisotopic (exact) mass is 253 g/mol. The predicted molar refractivity (Wildman–Crippen MR) is 70.9 cm³/mol.